The SMILES string of the molecule is Cc1nc(Cc2cccc3ccccc23)sc1CC(=O)NC(CC(C)C)C(=O)O. The first-order chi connectivity index (χ1) is 13.8. The van der Waals surface area contributed by atoms with Crippen LogP contribution in [0.25, 0.3) is 10.8 Å². The summed E-state index contributed by atoms with van der Waals surface area (Å²) in [5.41, 5.74) is 2.03. The normalized spacial score (nSPS) is 12.3. The van der Waals surface area contributed by atoms with E-state index in [9.17, 15) is 14.7 Å². The summed E-state index contributed by atoms with van der Waals surface area (Å²) >= 11 is 1.52. The van der Waals surface area contributed by atoms with Gasteiger partial charge in [-0.2, -0.15) is 0 Å². The Labute approximate surface area is 174 Å². The predicted molar refractivity (Wildman–Crippen MR) is 116 cm³/mol. The van der Waals surface area contributed by atoms with E-state index < -0.39 is 12.0 Å². The first kappa shape index (κ1) is 21.0. The van der Waals surface area contributed by atoms with Crippen molar-refractivity contribution in [2.24, 2.45) is 5.92 Å². The number of carbonyl (C=O) groups excluding carboxylic acids is 1. The van der Waals surface area contributed by atoms with Crippen LogP contribution in [-0.4, -0.2) is 28.0 Å². The molecule has 3 aromatic rings. The van der Waals surface area contributed by atoms with Crippen LogP contribution in [0.2, 0.25) is 0 Å². The van der Waals surface area contributed by atoms with Gasteiger partial charge in [-0.25, -0.2) is 9.78 Å². The maximum atomic E-state index is 12.4. The van der Waals surface area contributed by atoms with Crippen LogP contribution in [0.4, 0.5) is 0 Å². The van der Waals surface area contributed by atoms with Crippen LogP contribution in [0.1, 0.15) is 41.4 Å². The number of carboxylic acid groups (broad SMARTS) is 1. The van der Waals surface area contributed by atoms with Crippen molar-refractivity contribution in [2.45, 2.75) is 46.1 Å². The van der Waals surface area contributed by atoms with Crippen LogP contribution in [0, 0.1) is 12.8 Å². The zero-order chi connectivity index (χ0) is 21.0. The third kappa shape index (κ3) is 5.41. The maximum absolute atomic E-state index is 12.4. The number of carboxylic acids is 1. The summed E-state index contributed by atoms with van der Waals surface area (Å²) in [4.78, 5) is 29.3. The van der Waals surface area contributed by atoms with Gasteiger partial charge in [-0.1, -0.05) is 56.3 Å². The van der Waals surface area contributed by atoms with Gasteiger partial charge < -0.3 is 10.4 Å². The number of aromatic nitrogens is 1. The molecule has 0 saturated carbocycles. The molecule has 1 amide bonds. The highest BCUT2D eigenvalue weighted by atomic mass is 32.1. The van der Waals surface area contributed by atoms with Gasteiger partial charge in [0.05, 0.1) is 17.1 Å². The van der Waals surface area contributed by atoms with E-state index in [2.05, 4.69) is 34.6 Å². The molecule has 0 aliphatic heterocycles. The van der Waals surface area contributed by atoms with Crippen molar-refractivity contribution in [3.63, 3.8) is 0 Å². The fourth-order valence-electron chi connectivity index (χ4n) is 3.42. The summed E-state index contributed by atoms with van der Waals surface area (Å²) < 4.78 is 0. The zero-order valence-electron chi connectivity index (χ0n) is 16.9. The number of benzene rings is 2. The number of fused-ring (bicyclic) bond motifs is 1. The Balaban J connectivity index is 1.71. The summed E-state index contributed by atoms with van der Waals surface area (Å²) in [6.45, 7) is 5.78. The first-order valence-corrected chi connectivity index (χ1v) is 10.6. The summed E-state index contributed by atoms with van der Waals surface area (Å²) in [5.74, 6) is -1.08. The van der Waals surface area contributed by atoms with Crippen molar-refractivity contribution in [3.05, 3.63) is 63.6 Å². The van der Waals surface area contributed by atoms with E-state index in [-0.39, 0.29) is 18.2 Å². The highest BCUT2D eigenvalue weighted by molar-refractivity contribution is 7.11. The maximum Gasteiger partial charge on any atom is 0.326 e. The van der Waals surface area contributed by atoms with Crippen molar-refractivity contribution in [2.75, 3.05) is 0 Å². The number of hydrogen-bond donors (Lipinski definition) is 2. The number of amides is 1. The van der Waals surface area contributed by atoms with E-state index in [1.165, 1.54) is 27.7 Å². The molecule has 2 N–H and O–H groups in total. The third-order valence-electron chi connectivity index (χ3n) is 4.82. The van der Waals surface area contributed by atoms with E-state index in [4.69, 9.17) is 0 Å². The molecule has 29 heavy (non-hydrogen) atoms. The number of nitrogens with zero attached hydrogens (tertiary/aromatic N) is 1. The summed E-state index contributed by atoms with van der Waals surface area (Å²) in [6.07, 6.45) is 1.27. The fourth-order valence-corrected chi connectivity index (χ4v) is 4.51. The number of nitrogens with one attached hydrogen (secondary N) is 1. The van der Waals surface area contributed by atoms with Crippen LogP contribution in [0.15, 0.2) is 42.5 Å². The number of carbonyl (C=O) groups is 2. The molecular formula is C23H26N2O3S. The minimum absolute atomic E-state index is 0.154. The average Bonchev–Trinajstić information content (AvgIpc) is 3.00. The van der Waals surface area contributed by atoms with Gasteiger partial charge in [0, 0.05) is 11.3 Å². The second-order valence-corrected chi connectivity index (χ2v) is 8.86. The highest BCUT2D eigenvalue weighted by Crippen LogP contribution is 2.25. The lowest BCUT2D eigenvalue weighted by atomic mass is 10.0. The van der Waals surface area contributed by atoms with Crippen molar-refractivity contribution >= 4 is 34.0 Å². The molecule has 3 rings (SSSR count). The van der Waals surface area contributed by atoms with Crippen LogP contribution in [0.5, 0.6) is 0 Å². The van der Waals surface area contributed by atoms with Crippen molar-refractivity contribution in [1.29, 1.82) is 0 Å². The highest BCUT2D eigenvalue weighted by Gasteiger charge is 2.22. The Bertz CT molecular complexity index is 1020. The van der Waals surface area contributed by atoms with E-state index >= 15 is 0 Å². The van der Waals surface area contributed by atoms with Gasteiger partial charge in [0.25, 0.3) is 0 Å². The van der Waals surface area contributed by atoms with Gasteiger partial charge in [0.1, 0.15) is 6.04 Å². The molecule has 1 unspecified atom stereocenters. The first-order valence-electron chi connectivity index (χ1n) is 9.77. The Morgan fingerprint density at radius 1 is 1.14 bits per heavy atom. The van der Waals surface area contributed by atoms with Crippen LogP contribution in [-0.2, 0) is 22.4 Å². The van der Waals surface area contributed by atoms with Gasteiger partial charge in [0.2, 0.25) is 5.91 Å². The third-order valence-corrected chi connectivity index (χ3v) is 5.98. The van der Waals surface area contributed by atoms with Crippen molar-refractivity contribution in [1.82, 2.24) is 10.3 Å². The predicted octanol–water partition coefficient (Wildman–Crippen LogP) is 4.35. The largest absolute Gasteiger partial charge is 0.480 e. The Kier molecular flexibility index (Phi) is 6.64. The molecule has 1 heterocycles. The molecule has 1 atom stereocenters. The fraction of sp³-hybridized carbons (Fsp3) is 0.348. The van der Waals surface area contributed by atoms with Gasteiger partial charge >= 0.3 is 5.97 Å². The van der Waals surface area contributed by atoms with E-state index in [0.29, 0.717) is 12.8 Å². The Morgan fingerprint density at radius 2 is 1.86 bits per heavy atom. The molecule has 0 aliphatic rings. The number of aliphatic carboxylic acids is 1. The lowest BCUT2D eigenvalue weighted by molar-refractivity contribution is -0.142. The molecular weight excluding hydrogens is 384 g/mol. The summed E-state index contributed by atoms with van der Waals surface area (Å²) in [7, 11) is 0. The minimum Gasteiger partial charge on any atom is -0.480 e. The molecule has 2 aromatic carbocycles. The van der Waals surface area contributed by atoms with E-state index in [0.717, 1.165) is 15.6 Å². The number of aryl methyl sites for hydroxylation is 1. The molecule has 0 saturated heterocycles. The van der Waals surface area contributed by atoms with Crippen molar-refractivity contribution < 1.29 is 14.7 Å². The quantitative estimate of drug-likeness (QED) is 0.578. The standard InChI is InChI=1S/C23H26N2O3S/c1-14(2)11-19(23(27)28)25-21(26)13-20-15(3)24-22(29-20)12-17-9-6-8-16-7-4-5-10-18(16)17/h4-10,14,19H,11-13H2,1-3H3,(H,25,26)(H,27,28). The molecule has 6 heteroatoms. The molecule has 0 bridgehead atoms. The summed E-state index contributed by atoms with van der Waals surface area (Å²) in [6, 6.07) is 13.7. The van der Waals surface area contributed by atoms with Crippen LogP contribution < -0.4 is 5.32 Å². The molecule has 0 fully saturated rings. The summed E-state index contributed by atoms with van der Waals surface area (Å²) in [5, 5.41) is 15.3. The second-order valence-electron chi connectivity index (χ2n) is 7.70. The molecule has 5 nitrogen and oxygen atoms in total. The molecule has 0 aliphatic carbocycles. The lowest BCUT2D eigenvalue weighted by Crippen LogP contribution is -2.42. The zero-order valence-corrected chi connectivity index (χ0v) is 17.8. The van der Waals surface area contributed by atoms with E-state index in [1.54, 1.807) is 0 Å². The van der Waals surface area contributed by atoms with Gasteiger partial charge in [-0.15, -0.1) is 11.3 Å². The number of thiazole rings is 1. The topological polar surface area (TPSA) is 79.3 Å². The monoisotopic (exact) mass is 410 g/mol. The molecule has 152 valence electrons. The van der Waals surface area contributed by atoms with Gasteiger partial charge in [0.15, 0.2) is 0 Å². The Morgan fingerprint density at radius 3 is 2.59 bits per heavy atom. The van der Waals surface area contributed by atoms with Crippen molar-refractivity contribution in [3.8, 4) is 0 Å². The van der Waals surface area contributed by atoms with Gasteiger partial charge in [-0.05, 0) is 35.6 Å². The van der Waals surface area contributed by atoms with Crippen LogP contribution >= 0.6 is 11.3 Å². The Hall–Kier alpha value is -2.73. The number of rotatable bonds is 8. The minimum atomic E-state index is -0.996. The lowest BCUT2D eigenvalue weighted by Gasteiger charge is -2.16. The number of hydrogen-bond acceptors (Lipinski definition) is 4. The average molecular weight is 411 g/mol. The van der Waals surface area contributed by atoms with Gasteiger partial charge in [-0.3, -0.25) is 4.79 Å². The smallest absolute Gasteiger partial charge is 0.326 e. The molecule has 0 radical (unpaired) electrons. The second kappa shape index (κ2) is 9.18. The molecule has 1 aromatic heterocycles. The van der Waals surface area contributed by atoms with Crippen LogP contribution in [0.3, 0.4) is 0 Å². The molecule has 0 spiro atoms. The van der Waals surface area contributed by atoms with E-state index in [1.807, 2.05) is 39.0 Å².